The number of carbonyl (C=O) groups excluding carboxylic acids is 1. The van der Waals surface area contributed by atoms with Crippen LogP contribution in [0.2, 0.25) is 0 Å². The Hall–Kier alpha value is -1.71. The first-order chi connectivity index (χ1) is 9.19. The molecule has 0 aliphatic carbocycles. The van der Waals surface area contributed by atoms with Gasteiger partial charge in [0.1, 0.15) is 0 Å². The van der Waals surface area contributed by atoms with Crippen LogP contribution in [0.3, 0.4) is 0 Å². The summed E-state index contributed by atoms with van der Waals surface area (Å²) in [5, 5.41) is 2.71. The van der Waals surface area contributed by atoms with Gasteiger partial charge in [-0.15, -0.1) is 0 Å². The average molecular weight is 259 g/mol. The number of rotatable bonds is 1. The highest BCUT2D eigenvalue weighted by Gasteiger charge is 2.33. The Morgan fingerprint density at radius 3 is 3.00 bits per heavy atom. The van der Waals surface area contributed by atoms with Crippen molar-refractivity contribution in [3.63, 3.8) is 0 Å². The molecule has 102 valence electrons. The van der Waals surface area contributed by atoms with E-state index in [9.17, 15) is 4.79 Å². The second-order valence-corrected chi connectivity index (χ2v) is 5.52. The number of likely N-dealkylation sites (tertiary alicyclic amines) is 1. The fraction of sp³-hybridized carbons (Fsp3) is 0.533. The first-order valence-electron chi connectivity index (χ1n) is 7.02. The van der Waals surface area contributed by atoms with Crippen molar-refractivity contribution in [3.05, 3.63) is 29.3 Å². The second-order valence-electron chi connectivity index (χ2n) is 5.52. The molecule has 1 fully saturated rings. The van der Waals surface area contributed by atoms with Gasteiger partial charge in [-0.25, -0.2) is 4.79 Å². The number of nitrogens with zero attached hydrogens (tertiary/aromatic N) is 2. The summed E-state index contributed by atoms with van der Waals surface area (Å²) in [5.41, 5.74) is 4.16. The molecule has 2 aliphatic rings. The summed E-state index contributed by atoms with van der Waals surface area (Å²) in [4.78, 5) is 16.1. The molecular weight excluding hydrogens is 238 g/mol. The zero-order valence-electron chi connectivity index (χ0n) is 11.6. The van der Waals surface area contributed by atoms with Gasteiger partial charge in [-0.1, -0.05) is 17.7 Å². The maximum absolute atomic E-state index is 11.7. The smallest absolute Gasteiger partial charge is 0.317 e. The van der Waals surface area contributed by atoms with Gasteiger partial charge in [-0.2, -0.15) is 0 Å². The molecule has 2 amide bonds. The number of urea groups is 1. The highest BCUT2D eigenvalue weighted by molar-refractivity contribution is 5.74. The summed E-state index contributed by atoms with van der Waals surface area (Å²) in [7, 11) is 1.70. The van der Waals surface area contributed by atoms with Crippen molar-refractivity contribution < 1.29 is 4.79 Å². The number of hydrogen-bond acceptors (Lipinski definition) is 2. The molecule has 1 aromatic rings. The number of anilines is 1. The maximum Gasteiger partial charge on any atom is 0.317 e. The molecule has 2 heterocycles. The summed E-state index contributed by atoms with van der Waals surface area (Å²) < 4.78 is 0. The van der Waals surface area contributed by atoms with Gasteiger partial charge in [-0.3, -0.25) is 0 Å². The molecule has 1 atom stereocenters. The van der Waals surface area contributed by atoms with Crippen molar-refractivity contribution >= 4 is 11.7 Å². The molecule has 0 aromatic heterocycles. The minimum absolute atomic E-state index is 0.0471. The van der Waals surface area contributed by atoms with E-state index in [2.05, 4.69) is 35.3 Å². The Morgan fingerprint density at radius 1 is 1.37 bits per heavy atom. The van der Waals surface area contributed by atoms with Crippen LogP contribution in [0.25, 0.3) is 0 Å². The Balaban J connectivity index is 1.75. The monoisotopic (exact) mass is 259 g/mol. The van der Waals surface area contributed by atoms with Crippen molar-refractivity contribution in [1.29, 1.82) is 0 Å². The molecule has 3 rings (SSSR count). The standard InChI is InChI=1S/C15H21N3O/c1-11-3-4-14-12(9-11)5-8-18(14)13-6-7-17(10-13)15(19)16-2/h3-4,9,13H,5-8,10H2,1-2H3,(H,16,19)/t13-/m0/s1. The fourth-order valence-corrected chi connectivity index (χ4v) is 3.27. The van der Waals surface area contributed by atoms with E-state index in [1.54, 1.807) is 7.05 Å². The molecule has 1 N–H and O–H groups in total. The molecule has 4 nitrogen and oxygen atoms in total. The largest absolute Gasteiger partial charge is 0.366 e. The quantitative estimate of drug-likeness (QED) is 0.834. The Bertz CT molecular complexity index is 500. The summed E-state index contributed by atoms with van der Waals surface area (Å²) in [6, 6.07) is 7.23. The van der Waals surface area contributed by atoms with Gasteiger partial charge in [0.05, 0.1) is 0 Å². The van der Waals surface area contributed by atoms with E-state index in [1.165, 1.54) is 16.8 Å². The fourth-order valence-electron chi connectivity index (χ4n) is 3.27. The van der Waals surface area contributed by atoms with E-state index < -0.39 is 0 Å². The highest BCUT2D eigenvalue weighted by atomic mass is 16.2. The van der Waals surface area contributed by atoms with Crippen LogP contribution >= 0.6 is 0 Å². The molecule has 19 heavy (non-hydrogen) atoms. The van der Waals surface area contributed by atoms with E-state index >= 15 is 0 Å². The molecular formula is C15H21N3O. The van der Waals surface area contributed by atoms with Crippen molar-refractivity contribution in [2.75, 3.05) is 31.6 Å². The lowest BCUT2D eigenvalue weighted by molar-refractivity contribution is 0.210. The maximum atomic E-state index is 11.7. The molecule has 0 radical (unpaired) electrons. The van der Waals surface area contributed by atoms with Crippen LogP contribution in [0.5, 0.6) is 0 Å². The van der Waals surface area contributed by atoms with Gasteiger partial charge >= 0.3 is 6.03 Å². The third-order valence-electron chi connectivity index (χ3n) is 4.27. The van der Waals surface area contributed by atoms with Crippen LogP contribution in [-0.2, 0) is 6.42 Å². The Kier molecular flexibility index (Phi) is 3.09. The van der Waals surface area contributed by atoms with E-state index in [0.29, 0.717) is 6.04 Å². The Morgan fingerprint density at radius 2 is 2.21 bits per heavy atom. The molecule has 2 aliphatic heterocycles. The normalized spacial score (nSPS) is 21.7. The number of fused-ring (bicyclic) bond motifs is 1. The number of hydrogen-bond donors (Lipinski definition) is 1. The van der Waals surface area contributed by atoms with Gasteiger partial charge in [0.15, 0.2) is 0 Å². The van der Waals surface area contributed by atoms with Gasteiger partial charge in [-0.05, 0) is 31.4 Å². The summed E-state index contributed by atoms with van der Waals surface area (Å²) in [6.45, 7) is 4.94. The molecule has 1 aromatic carbocycles. The van der Waals surface area contributed by atoms with E-state index in [-0.39, 0.29) is 6.03 Å². The third-order valence-corrected chi connectivity index (χ3v) is 4.27. The molecule has 0 spiro atoms. The SMILES string of the molecule is CNC(=O)N1CC[C@H](N2CCc3cc(C)ccc32)C1. The van der Waals surface area contributed by atoms with E-state index in [0.717, 1.165) is 32.5 Å². The summed E-state index contributed by atoms with van der Waals surface area (Å²) >= 11 is 0. The van der Waals surface area contributed by atoms with Gasteiger partial charge in [0, 0.05) is 38.4 Å². The Labute approximate surface area is 114 Å². The van der Waals surface area contributed by atoms with Crippen LogP contribution in [0.15, 0.2) is 18.2 Å². The highest BCUT2D eigenvalue weighted by Crippen LogP contribution is 2.32. The minimum Gasteiger partial charge on any atom is -0.366 e. The molecule has 4 heteroatoms. The van der Waals surface area contributed by atoms with Crippen LogP contribution in [0.4, 0.5) is 10.5 Å². The van der Waals surface area contributed by atoms with Gasteiger partial charge in [0.2, 0.25) is 0 Å². The van der Waals surface area contributed by atoms with Crippen LogP contribution in [0, 0.1) is 6.92 Å². The molecule has 0 saturated carbocycles. The second kappa shape index (κ2) is 4.76. The van der Waals surface area contributed by atoms with Crippen molar-refractivity contribution in [2.45, 2.75) is 25.8 Å². The molecule has 1 saturated heterocycles. The van der Waals surface area contributed by atoms with E-state index in [1.807, 2.05) is 4.90 Å². The van der Waals surface area contributed by atoms with E-state index in [4.69, 9.17) is 0 Å². The predicted octanol–water partition coefficient (Wildman–Crippen LogP) is 1.77. The van der Waals surface area contributed by atoms with Crippen molar-refractivity contribution in [2.24, 2.45) is 0 Å². The predicted molar refractivity (Wildman–Crippen MR) is 76.7 cm³/mol. The zero-order chi connectivity index (χ0) is 13.4. The topological polar surface area (TPSA) is 35.6 Å². The number of benzene rings is 1. The third kappa shape index (κ3) is 2.15. The van der Waals surface area contributed by atoms with Crippen LogP contribution in [-0.4, -0.2) is 43.7 Å². The van der Waals surface area contributed by atoms with Crippen molar-refractivity contribution in [1.82, 2.24) is 10.2 Å². The minimum atomic E-state index is 0.0471. The number of aryl methyl sites for hydroxylation is 1. The number of nitrogens with one attached hydrogen (secondary N) is 1. The zero-order valence-corrected chi connectivity index (χ0v) is 11.6. The van der Waals surface area contributed by atoms with Gasteiger partial charge < -0.3 is 15.1 Å². The first-order valence-corrected chi connectivity index (χ1v) is 7.02. The number of amides is 2. The lowest BCUT2D eigenvalue weighted by Crippen LogP contribution is -2.40. The number of carbonyl (C=O) groups is 1. The van der Waals surface area contributed by atoms with Gasteiger partial charge in [0.25, 0.3) is 0 Å². The lowest BCUT2D eigenvalue weighted by atomic mass is 10.1. The molecule has 0 unspecified atom stereocenters. The molecule has 0 bridgehead atoms. The van der Waals surface area contributed by atoms with Crippen LogP contribution in [0.1, 0.15) is 17.5 Å². The summed E-state index contributed by atoms with van der Waals surface area (Å²) in [6.07, 6.45) is 2.20. The van der Waals surface area contributed by atoms with Crippen molar-refractivity contribution in [3.8, 4) is 0 Å². The average Bonchev–Trinajstić information content (AvgIpc) is 3.03. The first kappa shape index (κ1) is 12.3. The summed E-state index contributed by atoms with van der Waals surface area (Å²) in [5.74, 6) is 0. The van der Waals surface area contributed by atoms with Crippen LogP contribution < -0.4 is 10.2 Å². The lowest BCUT2D eigenvalue weighted by Gasteiger charge is -2.27.